The lowest BCUT2D eigenvalue weighted by Gasteiger charge is -1.95. The Morgan fingerprint density at radius 2 is 2.45 bits per heavy atom. The average molecular weight is 148 g/mol. The van der Waals surface area contributed by atoms with E-state index in [-0.39, 0.29) is 0 Å². The topological polar surface area (TPSA) is 38.9 Å². The highest BCUT2D eigenvalue weighted by molar-refractivity contribution is 5.60. The van der Waals surface area contributed by atoms with Crippen molar-refractivity contribution in [1.29, 1.82) is 0 Å². The monoisotopic (exact) mass is 148 g/mol. The van der Waals surface area contributed by atoms with Gasteiger partial charge in [-0.05, 0) is 18.6 Å². The van der Waals surface area contributed by atoms with Gasteiger partial charge in [-0.2, -0.15) is 0 Å². The zero-order valence-electron chi connectivity index (χ0n) is 6.62. The first kappa shape index (κ1) is 7.79. The minimum atomic E-state index is 0.595. The number of nitrogens with zero attached hydrogens (tertiary/aromatic N) is 1. The second kappa shape index (κ2) is 3.76. The fraction of sp³-hybridized carbons (Fsp3) is 0.222. The summed E-state index contributed by atoms with van der Waals surface area (Å²) in [5.41, 5.74) is 6.59. The van der Waals surface area contributed by atoms with Gasteiger partial charge in [0.05, 0.1) is 0 Å². The molecule has 0 saturated heterocycles. The summed E-state index contributed by atoms with van der Waals surface area (Å²) < 4.78 is 0. The number of pyridine rings is 1. The molecule has 0 bridgehead atoms. The van der Waals surface area contributed by atoms with Crippen LogP contribution in [0.3, 0.4) is 0 Å². The van der Waals surface area contributed by atoms with Crippen LogP contribution in [0.4, 0.5) is 5.82 Å². The van der Waals surface area contributed by atoms with E-state index in [2.05, 4.69) is 18.0 Å². The highest BCUT2D eigenvalue weighted by atomic mass is 14.8. The van der Waals surface area contributed by atoms with Gasteiger partial charge < -0.3 is 5.73 Å². The predicted molar refractivity (Wildman–Crippen MR) is 48.0 cm³/mol. The van der Waals surface area contributed by atoms with Crippen LogP contribution in [0.1, 0.15) is 18.9 Å². The van der Waals surface area contributed by atoms with E-state index in [1.807, 2.05) is 18.2 Å². The molecule has 0 unspecified atom stereocenters. The van der Waals surface area contributed by atoms with Gasteiger partial charge in [-0.15, -0.1) is 0 Å². The van der Waals surface area contributed by atoms with Gasteiger partial charge in [0.1, 0.15) is 5.82 Å². The van der Waals surface area contributed by atoms with Crippen molar-refractivity contribution in [2.75, 3.05) is 5.73 Å². The molecule has 0 spiro atoms. The first-order valence-corrected chi connectivity index (χ1v) is 3.71. The predicted octanol–water partition coefficient (Wildman–Crippen LogP) is 2.09. The Hall–Kier alpha value is -1.31. The molecule has 0 aromatic carbocycles. The van der Waals surface area contributed by atoms with Gasteiger partial charge in [-0.25, -0.2) is 4.98 Å². The molecule has 0 amide bonds. The summed E-state index contributed by atoms with van der Waals surface area (Å²) in [5, 5.41) is 0. The summed E-state index contributed by atoms with van der Waals surface area (Å²) in [5.74, 6) is 0.595. The van der Waals surface area contributed by atoms with Crippen molar-refractivity contribution in [1.82, 2.24) is 4.98 Å². The van der Waals surface area contributed by atoms with E-state index in [0.717, 1.165) is 12.0 Å². The molecular weight excluding hydrogens is 136 g/mol. The van der Waals surface area contributed by atoms with Crippen molar-refractivity contribution >= 4 is 11.9 Å². The number of anilines is 1. The van der Waals surface area contributed by atoms with E-state index >= 15 is 0 Å². The van der Waals surface area contributed by atoms with Crippen molar-refractivity contribution in [2.45, 2.75) is 13.3 Å². The maximum atomic E-state index is 5.60. The molecule has 2 heteroatoms. The Bertz CT molecular complexity index is 253. The van der Waals surface area contributed by atoms with Crippen LogP contribution in [-0.2, 0) is 0 Å². The second-order valence-corrected chi connectivity index (χ2v) is 2.29. The number of nitrogens with two attached hydrogens (primary N) is 1. The molecule has 1 rings (SSSR count). The summed E-state index contributed by atoms with van der Waals surface area (Å²) in [6.07, 6.45) is 6.77. The Kier molecular flexibility index (Phi) is 2.66. The molecule has 0 fully saturated rings. The Labute approximate surface area is 66.8 Å². The van der Waals surface area contributed by atoms with Crippen molar-refractivity contribution in [3.8, 4) is 0 Å². The van der Waals surface area contributed by atoms with Gasteiger partial charge in [0, 0.05) is 11.8 Å². The van der Waals surface area contributed by atoms with E-state index < -0.39 is 0 Å². The van der Waals surface area contributed by atoms with Crippen molar-refractivity contribution in [3.63, 3.8) is 0 Å². The number of rotatable bonds is 2. The van der Waals surface area contributed by atoms with Gasteiger partial charge in [0.15, 0.2) is 0 Å². The third kappa shape index (κ3) is 2.08. The van der Waals surface area contributed by atoms with E-state index in [4.69, 9.17) is 5.73 Å². The van der Waals surface area contributed by atoms with Crippen LogP contribution in [0, 0.1) is 0 Å². The molecule has 0 aliphatic rings. The molecule has 2 nitrogen and oxygen atoms in total. The zero-order chi connectivity index (χ0) is 8.10. The van der Waals surface area contributed by atoms with Gasteiger partial charge in [-0.1, -0.05) is 19.1 Å². The normalized spacial score (nSPS) is 10.6. The van der Waals surface area contributed by atoms with Gasteiger partial charge >= 0.3 is 0 Å². The zero-order valence-corrected chi connectivity index (χ0v) is 6.62. The third-order valence-corrected chi connectivity index (χ3v) is 1.40. The lowest BCUT2D eigenvalue weighted by atomic mass is 10.2. The first-order chi connectivity index (χ1) is 5.34. The molecule has 1 aromatic rings. The van der Waals surface area contributed by atoms with Crippen LogP contribution in [-0.4, -0.2) is 4.98 Å². The van der Waals surface area contributed by atoms with Crippen molar-refractivity contribution < 1.29 is 0 Å². The summed E-state index contributed by atoms with van der Waals surface area (Å²) in [6.45, 7) is 2.09. The Morgan fingerprint density at radius 1 is 1.64 bits per heavy atom. The lowest BCUT2D eigenvalue weighted by molar-refractivity contribution is 1.23. The van der Waals surface area contributed by atoms with E-state index in [0.29, 0.717) is 5.82 Å². The largest absolute Gasteiger partial charge is 0.383 e. The number of hydrogen-bond donors (Lipinski definition) is 1. The Balaban J connectivity index is 2.86. The molecule has 2 N–H and O–H groups in total. The fourth-order valence-electron chi connectivity index (χ4n) is 0.816. The SMILES string of the molecule is CC/C=C\c1cccnc1N. The van der Waals surface area contributed by atoms with E-state index in [9.17, 15) is 0 Å². The van der Waals surface area contributed by atoms with Crippen LogP contribution >= 0.6 is 0 Å². The molecule has 58 valence electrons. The highest BCUT2D eigenvalue weighted by Gasteiger charge is 1.90. The number of nitrogen functional groups attached to an aromatic ring is 1. The van der Waals surface area contributed by atoms with Crippen LogP contribution < -0.4 is 5.73 Å². The van der Waals surface area contributed by atoms with E-state index in [1.54, 1.807) is 6.20 Å². The highest BCUT2D eigenvalue weighted by Crippen LogP contribution is 2.08. The smallest absolute Gasteiger partial charge is 0.130 e. The fourth-order valence-corrected chi connectivity index (χ4v) is 0.816. The first-order valence-electron chi connectivity index (χ1n) is 3.71. The minimum Gasteiger partial charge on any atom is -0.383 e. The summed E-state index contributed by atoms with van der Waals surface area (Å²) in [4.78, 5) is 3.96. The molecule has 1 aromatic heterocycles. The minimum absolute atomic E-state index is 0.595. The average Bonchev–Trinajstić information content (AvgIpc) is 2.03. The third-order valence-electron chi connectivity index (χ3n) is 1.40. The van der Waals surface area contributed by atoms with Crippen LogP contribution in [0.2, 0.25) is 0 Å². The molecule has 0 atom stereocenters. The van der Waals surface area contributed by atoms with E-state index in [1.165, 1.54) is 0 Å². The van der Waals surface area contributed by atoms with Crippen molar-refractivity contribution in [2.24, 2.45) is 0 Å². The molecule has 0 aliphatic carbocycles. The number of hydrogen-bond acceptors (Lipinski definition) is 2. The summed E-state index contributed by atoms with van der Waals surface area (Å²) in [6, 6.07) is 3.83. The van der Waals surface area contributed by atoms with Gasteiger partial charge in [0.25, 0.3) is 0 Å². The number of allylic oxidation sites excluding steroid dienone is 1. The van der Waals surface area contributed by atoms with Crippen molar-refractivity contribution in [3.05, 3.63) is 30.0 Å². The maximum Gasteiger partial charge on any atom is 0.130 e. The summed E-state index contributed by atoms with van der Waals surface area (Å²) >= 11 is 0. The van der Waals surface area contributed by atoms with Crippen LogP contribution in [0.5, 0.6) is 0 Å². The van der Waals surface area contributed by atoms with Gasteiger partial charge in [0.2, 0.25) is 0 Å². The van der Waals surface area contributed by atoms with Crippen LogP contribution in [0.25, 0.3) is 6.08 Å². The molecule has 0 radical (unpaired) electrons. The molecular formula is C9H12N2. The Morgan fingerprint density at radius 3 is 3.09 bits per heavy atom. The van der Waals surface area contributed by atoms with Gasteiger partial charge in [-0.3, -0.25) is 0 Å². The molecule has 0 aliphatic heterocycles. The molecule has 1 heterocycles. The standard InChI is InChI=1S/C9H12N2/c1-2-3-5-8-6-4-7-11-9(8)10/h3-7H,2H2,1H3,(H2,10,11)/b5-3-. The maximum absolute atomic E-state index is 5.60. The summed E-state index contributed by atoms with van der Waals surface area (Å²) in [7, 11) is 0. The molecule has 11 heavy (non-hydrogen) atoms. The number of aromatic nitrogens is 1. The quantitative estimate of drug-likeness (QED) is 0.697. The molecule has 0 saturated carbocycles. The van der Waals surface area contributed by atoms with Crippen LogP contribution in [0.15, 0.2) is 24.4 Å². The lowest BCUT2D eigenvalue weighted by Crippen LogP contribution is -1.91. The second-order valence-electron chi connectivity index (χ2n) is 2.29.